The molecule has 210 valence electrons. The molecular weight excluding hydrogens is 494 g/mol. The number of amides is 3. The van der Waals surface area contributed by atoms with Gasteiger partial charge in [0.1, 0.15) is 11.7 Å². The Labute approximate surface area is 215 Å². The van der Waals surface area contributed by atoms with E-state index in [9.17, 15) is 24.0 Å². The molecule has 0 aromatic heterocycles. The number of hydrogen-bond acceptors (Lipinski definition) is 10. The van der Waals surface area contributed by atoms with Crippen LogP contribution in [0.4, 0.5) is 14.4 Å². The summed E-state index contributed by atoms with van der Waals surface area (Å²) in [7, 11) is 1.17. The minimum Gasteiger partial charge on any atom is -0.477 e. The number of esters is 1. The van der Waals surface area contributed by atoms with Gasteiger partial charge in [-0.3, -0.25) is 4.79 Å². The minimum atomic E-state index is -1.51. The van der Waals surface area contributed by atoms with Crippen molar-refractivity contribution < 1.29 is 52.8 Å². The Morgan fingerprint density at radius 1 is 1.11 bits per heavy atom. The molecule has 3 amide bonds. The lowest BCUT2D eigenvalue weighted by Gasteiger charge is -2.36. The van der Waals surface area contributed by atoms with Crippen LogP contribution in [0.5, 0.6) is 0 Å². The van der Waals surface area contributed by atoms with Crippen LogP contribution >= 0.6 is 0 Å². The molecule has 0 aromatic rings. The van der Waals surface area contributed by atoms with Crippen LogP contribution in [0.15, 0.2) is 11.8 Å². The van der Waals surface area contributed by atoms with E-state index in [0.29, 0.717) is 19.4 Å². The second kappa shape index (κ2) is 15.4. The molecule has 0 aromatic carbocycles. The maximum absolute atomic E-state index is 12.5. The molecule has 0 bridgehead atoms. The number of unbranched alkanes of at least 4 members (excludes halogenated alkanes) is 1. The summed E-state index contributed by atoms with van der Waals surface area (Å²) in [5.74, 6) is -1.26. The monoisotopic (exact) mass is 531 g/mol. The summed E-state index contributed by atoms with van der Waals surface area (Å²) in [4.78, 5) is 58.5. The SMILES string of the molecule is COC(=O)C1=CCC(NC(C)=O)C(C(CCOC(=O)O)OC(=O)NCCCCNC(=O)OC(C)(C)C)O1. The number of hydrogen-bond donors (Lipinski definition) is 4. The van der Waals surface area contributed by atoms with Gasteiger partial charge in [-0.05, 0) is 46.1 Å². The van der Waals surface area contributed by atoms with Gasteiger partial charge in [-0.15, -0.1) is 0 Å². The van der Waals surface area contributed by atoms with Crippen LogP contribution < -0.4 is 16.0 Å². The summed E-state index contributed by atoms with van der Waals surface area (Å²) in [6, 6.07) is -0.674. The number of alkyl carbamates (subject to hydrolysis) is 2. The molecule has 0 aliphatic carbocycles. The van der Waals surface area contributed by atoms with E-state index in [-0.39, 0.29) is 37.7 Å². The van der Waals surface area contributed by atoms with Gasteiger partial charge in [0.15, 0.2) is 6.10 Å². The van der Waals surface area contributed by atoms with Crippen LogP contribution in [-0.4, -0.2) is 86.0 Å². The van der Waals surface area contributed by atoms with Crippen molar-refractivity contribution >= 4 is 30.2 Å². The molecule has 3 atom stereocenters. The third-order valence-electron chi connectivity index (χ3n) is 4.79. The highest BCUT2D eigenvalue weighted by Gasteiger charge is 2.39. The Kier molecular flexibility index (Phi) is 13.0. The zero-order chi connectivity index (χ0) is 28.0. The molecule has 0 radical (unpaired) electrons. The van der Waals surface area contributed by atoms with Crippen LogP contribution in [0.3, 0.4) is 0 Å². The first-order valence-electron chi connectivity index (χ1n) is 11.8. The number of carboxylic acid groups (broad SMARTS) is 1. The molecule has 14 nitrogen and oxygen atoms in total. The topological polar surface area (TPSA) is 188 Å². The third-order valence-corrected chi connectivity index (χ3v) is 4.79. The Hall–Kier alpha value is -3.71. The maximum Gasteiger partial charge on any atom is 0.505 e. The average molecular weight is 532 g/mol. The van der Waals surface area contributed by atoms with Crippen LogP contribution in [-0.2, 0) is 33.3 Å². The Morgan fingerprint density at radius 2 is 1.73 bits per heavy atom. The maximum atomic E-state index is 12.5. The number of carbonyl (C=O) groups excluding carboxylic acids is 4. The number of rotatable bonds is 12. The molecule has 3 unspecified atom stereocenters. The third kappa shape index (κ3) is 13.2. The quantitative estimate of drug-likeness (QED) is 0.163. The predicted molar refractivity (Wildman–Crippen MR) is 128 cm³/mol. The molecular formula is C23H37N3O11. The molecule has 0 saturated carbocycles. The van der Waals surface area contributed by atoms with E-state index in [1.165, 1.54) is 20.1 Å². The van der Waals surface area contributed by atoms with E-state index in [0.717, 1.165) is 0 Å². The van der Waals surface area contributed by atoms with Gasteiger partial charge in [0, 0.05) is 26.4 Å². The van der Waals surface area contributed by atoms with Crippen LogP contribution in [0.2, 0.25) is 0 Å². The average Bonchev–Trinajstić information content (AvgIpc) is 2.78. The fourth-order valence-corrected chi connectivity index (χ4v) is 3.29. The van der Waals surface area contributed by atoms with E-state index in [4.69, 9.17) is 19.3 Å². The summed E-state index contributed by atoms with van der Waals surface area (Å²) in [6.45, 7) is 6.81. The molecule has 0 fully saturated rings. The first-order chi connectivity index (χ1) is 17.3. The van der Waals surface area contributed by atoms with E-state index in [1.807, 2.05) is 0 Å². The lowest BCUT2D eigenvalue weighted by atomic mass is 9.97. The fourth-order valence-electron chi connectivity index (χ4n) is 3.29. The lowest BCUT2D eigenvalue weighted by Crippen LogP contribution is -2.53. The van der Waals surface area contributed by atoms with Crippen molar-refractivity contribution in [1.29, 1.82) is 0 Å². The normalized spacial score (nSPS) is 17.7. The van der Waals surface area contributed by atoms with Gasteiger partial charge in [0.2, 0.25) is 11.7 Å². The van der Waals surface area contributed by atoms with E-state index in [2.05, 4.69) is 25.4 Å². The van der Waals surface area contributed by atoms with E-state index < -0.39 is 48.2 Å². The highest BCUT2D eigenvalue weighted by molar-refractivity contribution is 5.86. The molecule has 1 heterocycles. The summed E-state index contributed by atoms with van der Waals surface area (Å²) in [5.41, 5.74) is -0.601. The molecule has 1 aliphatic rings. The van der Waals surface area contributed by atoms with Crippen molar-refractivity contribution in [3.63, 3.8) is 0 Å². The summed E-state index contributed by atoms with van der Waals surface area (Å²) >= 11 is 0. The van der Waals surface area contributed by atoms with E-state index >= 15 is 0 Å². The first-order valence-corrected chi connectivity index (χ1v) is 11.8. The number of methoxy groups -OCH3 is 1. The largest absolute Gasteiger partial charge is 0.505 e. The van der Waals surface area contributed by atoms with Crippen LogP contribution in [0.1, 0.15) is 53.4 Å². The van der Waals surface area contributed by atoms with Crippen molar-refractivity contribution in [3.05, 3.63) is 11.8 Å². The second-order valence-electron chi connectivity index (χ2n) is 9.09. The molecule has 4 N–H and O–H groups in total. The molecule has 14 heteroatoms. The summed E-state index contributed by atoms with van der Waals surface area (Å²) in [5, 5.41) is 16.6. The van der Waals surface area contributed by atoms with Crippen molar-refractivity contribution in [2.24, 2.45) is 0 Å². The van der Waals surface area contributed by atoms with Gasteiger partial charge < -0.3 is 44.7 Å². The molecule has 1 rings (SSSR count). The van der Waals surface area contributed by atoms with Gasteiger partial charge in [-0.1, -0.05) is 0 Å². The molecule has 0 saturated heterocycles. The standard InChI is InChI=1S/C23H37N3O11/c1-14(27)26-15-8-9-17(19(28)33-5)35-18(15)16(10-13-34-22(31)32)36-20(29)24-11-6-7-12-25-21(30)37-23(2,3)4/h9,15-16,18H,6-8,10-13H2,1-5H3,(H,24,29)(H,25,30)(H,26,27)(H,31,32). The zero-order valence-electron chi connectivity index (χ0n) is 21.8. The highest BCUT2D eigenvalue weighted by atomic mass is 16.7. The van der Waals surface area contributed by atoms with Crippen molar-refractivity contribution in [2.45, 2.75) is 77.2 Å². The second-order valence-corrected chi connectivity index (χ2v) is 9.09. The van der Waals surface area contributed by atoms with Gasteiger partial charge in [0.05, 0.1) is 19.8 Å². The lowest BCUT2D eigenvalue weighted by molar-refractivity contribution is -0.144. The predicted octanol–water partition coefficient (Wildman–Crippen LogP) is 1.82. The smallest absolute Gasteiger partial charge is 0.477 e. The van der Waals surface area contributed by atoms with Crippen LogP contribution in [0, 0.1) is 0 Å². The van der Waals surface area contributed by atoms with Gasteiger partial charge in [-0.2, -0.15) is 0 Å². The summed E-state index contributed by atoms with van der Waals surface area (Å²) < 4.78 is 25.5. The van der Waals surface area contributed by atoms with Crippen molar-refractivity contribution in [2.75, 3.05) is 26.8 Å². The molecule has 37 heavy (non-hydrogen) atoms. The van der Waals surface area contributed by atoms with Crippen LogP contribution in [0.25, 0.3) is 0 Å². The van der Waals surface area contributed by atoms with Crippen molar-refractivity contribution in [3.8, 4) is 0 Å². The summed E-state index contributed by atoms with van der Waals surface area (Å²) in [6.07, 6.45) is -2.38. The van der Waals surface area contributed by atoms with Gasteiger partial charge in [-0.25, -0.2) is 19.2 Å². The molecule has 1 aliphatic heterocycles. The number of carbonyl (C=O) groups is 5. The van der Waals surface area contributed by atoms with E-state index in [1.54, 1.807) is 20.8 Å². The number of ether oxygens (including phenoxy) is 5. The molecule has 0 spiro atoms. The fraction of sp³-hybridized carbons (Fsp3) is 0.696. The number of nitrogens with one attached hydrogen (secondary N) is 3. The first kappa shape index (κ1) is 31.3. The minimum absolute atomic E-state index is 0.102. The highest BCUT2D eigenvalue weighted by Crippen LogP contribution is 2.25. The Balaban J connectivity index is 2.71. The van der Waals surface area contributed by atoms with Gasteiger partial charge in [0.25, 0.3) is 0 Å². The Bertz CT molecular complexity index is 838. The zero-order valence-corrected chi connectivity index (χ0v) is 21.8. The van der Waals surface area contributed by atoms with Crippen molar-refractivity contribution in [1.82, 2.24) is 16.0 Å². The Morgan fingerprint density at radius 3 is 2.27 bits per heavy atom. The van der Waals surface area contributed by atoms with Gasteiger partial charge >= 0.3 is 24.3 Å².